The number of hydrogen-bond acceptors (Lipinski definition) is 4. The number of carbonyl (C=O) groups is 1. The van der Waals surface area contributed by atoms with Crippen LogP contribution in [0.2, 0.25) is 5.02 Å². The third kappa shape index (κ3) is 4.90. The molecule has 1 amide bonds. The van der Waals surface area contributed by atoms with Crippen molar-refractivity contribution in [2.75, 3.05) is 4.90 Å². The van der Waals surface area contributed by atoms with Crippen molar-refractivity contribution in [1.29, 1.82) is 0 Å². The fourth-order valence-electron chi connectivity index (χ4n) is 3.91. The molecule has 0 aliphatic rings. The van der Waals surface area contributed by atoms with Crippen LogP contribution in [-0.4, -0.2) is 21.4 Å². The van der Waals surface area contributed by atoms with Crippen molar-refractivity contribution >= 4 is 50.8 Å². The van der Waals surface area contributed by atoms with Crippen molar-refractivity contribution in [3.63, 3.8) is 0 Å². The average Bonchev–Trinajstić information content (AvgIpc) is 3.48. The number of aromatic amines is 1. The zero-order valence-electron chi connectivity index (χ0n) is 18.0. The van der Waals surface area contributed by atoms with Gasteiger partial charge in [-0.25, -0.2) is 4.98 Å². The molecule has 5 rings (SSSR count). The molecule has 0 radical (unpaired) electrons. The van der Waals surface area contributed by atoms with E-state index in [1.807, 2.05) is 48.7 Å². The molecular weight excluding hydrogens is 516 g/mol. The van der Waals surface area contributed by atoms with Crippen LogP contribution >= 0.6 is 27.5 Å². The number of carbonyl (C=O) groups excluding carboxylic acids is 1. The topological polar surface area (TPSA) is 75.0 Å². The molecule has 3 aromatic heterocycles. The minimum atomic E-state index is -0.442. The number of imidazole rings is 1. The monoisotopic (exact) mass is 534 g/mol. The number of benzene rings is 2. The molecule has 5 aromatic rings. The second kappa shape index (κ2) is 9.83. The van der Waals surface area contributed by atoms with E-state index in [1.165, 1.54) is 0 Å². The molecule has 34 heavy (non-hydrogen) atoms. The predicted octanol–water partition coefficient (Wildman–Crippen LogP) is 6.50. The average molecular weight is 536 g/mol. The third-order valence-electron chi connectivity index (χ3n) is 5.57. The van der Waals surface area contributed by atoms with Gasteiger partial charge in [0.1, 0.15) is 17.4 Å². The molecule has 0 fully saturated rings. The maximum absolute atomic E-state index is 12.4. The molecule has 0 bridgehead atoms. The summed E-state index contributed by atoms with van der Waals surface area (Å²) in [6, 6.07) is 20.6. The summed E-state index contributed by atoms with van der Waals surface area (Å²) in [6.45, 7) is 0. The van der Waals surface area contributed by atoms with E-state index in [9.17, 15) is 4.79 Å². The quantitative estimate of drug-likeness (QED) is 0.230. The molecule has 2 aromatic carbocycles. The molecule has 0 aliphatic heterocycles. The molecule has 1 unspecified atom stereocenters. The Labute approximate surface area is 209 Å². The molecule has 0 saturated carbocycles. The van der Waals surface area contributed by atoms with Crippen molar-refractivity contribution in [1.82, 2.24) is 15.0 Å². The summed E-state index contributed by atoms with van der Waals surface area (Å²) >= 11 is 9.60. The van der Waals surface area contributed by atoms with E-state index in [2.05, 4.69) is 43.0 Å². The van der Waals surface area contributed by atoms with Crippen LogP contribution < -0.4 is 4.90 Å². The number of aromatic nitrogens is 3. The fourth-order valence-corrected chi connectivity index (χ4v) is 4.35. The van der Waals surface area contributed by atoms with Gasteiger partial charge in [-0.1, -0.05) is 45.7 Å². The molecule has 0 aliphatic carbocycles. The van der Waals surface area contributed by atoms with Crippen LogP contribution in [0.3, 0.4) is 0 Å². The van der Waals surface area contributed by atoms with E-state index in [1.54, 1.807) is 23.2 Å². The number of furan rings is 1. The molecule has 1 atom stereocenters. The fraction of sp³-hybridized carbons (Fsp3) is 0.115. The van der Waals surface area contributed by atoms with Gasteiger partial charge in [-0.05, 0) is 48.0 Å². The van der Waals surface area contributed by atoms with Gasteiger partial charge in [-0.15, -0.1) is 0 Å². The number of amides is 1. The van der Waals surface area contributed by atoms with E-state index in [0.717, 1.165) is 33.2 Å². The Kier molecular flexibility index (Phi) is 6.47. The largest absolute Gasteiger partial charge is 0.440 e. The lowest BCUT2D eigenvalue weighted by Gasteiger charge is -2.24. The van der Waals surface area contributed by atoms with E-state index < -0.39 is 6.04 Å². The zero-order valence-corrected chi connectivity index (χ0v) is 20.3. The lowest BCUT2D eigenvalue weighted by Crippen LogP contribution is -2.29. The van der Waals surface area contributed by atoms with Gasteiger partial charge in [0.05, 0.1) is 0 Å². The first-order valence-corrected chi connectivity index (χ1v) is 11.9. The maximum atomic E-state index is 12.4. The molecule has 0 saturated heterocycles. The zero-order chi connectivity index (χ0) is 23.5. The number of anilines is 1. The molecule has 8 heteroatoms. The van der Waals surface area contributed by atoms with Crippen LogP contribution in [0.5, 0.6) is 0 Å². The molecule has 1 N–H and O–H groups in total. The smallest absolute Gasteiger partial charge is 0.217 e. The van der Waals surface area contributed by atoms with Gasteiger partial charge in [0, 0.05) is 57.6 Å². The second-order valence-corrected chi connectivity index (χ2v) is 9.27. The van der Waals surface area contributed by atoms with Gasteiger partial charge in [0.25, 0.3) is 0 Å². The Morgan fingerprint density at radius 1 is 1.09 bits per heavy atom. The number of H-pyrrole nitrogens is 1. The van der Waals surface area contributed by atoms with Crippen LogP contribution in [0.25, 0.3) is 11.0 Å². The Hall–Kier alpha value is -3.42. The summed E-state index contributed by atoms with van der Waals surface area (Å²) in [4.78, 5) is 26.4. The number of nitrogens with zero attached hydrogens (tertiary/aromatic N) is 3. The van der Waals surface area contributed by atoms with E-state index in [-0.39, 0.29) is 0 Å². The summed E-state index contributed by atoms with van der Waals surface area (Å²) in [5.74, 6) is 1.07. The van der Waals surface area contributed by atoms with Gasteiger partial charge in [0.2, 0.25) is 12.3 Å². The normalized spacial score (nSPS) is 12.1. The Balaban J connectivity index is 1.50. The summed E-state index contributed by atoms with van der Waals surface area (Å²) in [5, 5.41) is 1.42. The molecular formula is C26H20BrClN4O2. The predicted molar refractivity (Wildman–Crippen MR) is 136 cm³/mol. The number of hydrogen-bond donors (Lipinski definition) is 1. The van der Waals surface area contributed by atoms with E-state index >= 15 is 0 Å². The Morgan fingerprint density at radius 2 is 1.94 bits per heavy atom. The van der Waals surface area contributed by atoms with Gasteiger partial charge in [-0.2, -0.15) is 0 Å². The number of rotatable bonds is 8. The highest BCUT2D eigenvalue weighted by Crippen LogP contribution is 2.33. The molecule has 170 valence electrons. The van der Waals surface area contributed by atoms with Gasteiger partial charge in [-0.3, -0.25) is 14.7 Å². The standard InChI is InChI=1S/C26H20BrClN4O2/c27-19-6-4-17(5-7-19)11-22-15-30-26(31-22)23(14-21-3-1-2-10-29-21)32(16-33)25-13-18-12-20(28)8-9-24(18)34-25/h1-10,12-13,15-16,23H,11,14H2,(H,30,31). The summed E-state index contributed by atoms with van der Waals surface area (Å²) in [5.41, 5.74) is 3.59. The van der Waals surface area contributed by atoms with Gasteiger partial charge in [0.15, 0.2) is 0 Å². The number of halogens is 2. The third-order valence-corrected chi connectivity index (χ3v) is 6.33. The van der Waals surface area contributed by atoms with Crippen molar-refractivity contribution in [3.8, 4) is 0 Å². The molecule has 3 heterocycles. The second-order valence-electron chi connectivity index (χ2n) is 7.92. The summed E-state index contributed by atoms with van der Waals surface area (Å²) in [6.07, 6.45) is 5.47. The SMILES string of the molecule is O=CN(c1cc2cc(Cl)ccc2o1)C(Cc1ccccn1)c1ncc(Cc2ccc(Br)cc2)[nH]1. The van der Waals surface area contributed by atoms with Crippen molar-refractivity contribution < 1.29 is 9.21 Å². The van der Waals surface area contributed by atoms with Crippen molar-refractivity contribution in [3.05, 3.63) is 111 Å². The first-order valence-electron chi connectivity index (χ1n) is 10.7. The Morgan fingerprint density at radius 3 is 2.71 bits per heavy atom. The lowest BCUT2D eigenvalue weighted by molar-refractivity contribution is -0.108. The van der Waals surface area contributed by atoms with Crippen LogP contribution in [0, 0.1) is 0 Å². The van der Waals surface area contributed by atoms with Crippen LogP contribution in [0.1, 0.15) is 28.8 Å². The van der Waals surface area contributed by atoms with Crippen molar-refractivity contribution in [2.24, 2.45) is 0 Å². The first kappa shape index (κ1) is 22.4. The van der Waals surface area contributed by atoms with E-state index in [0.29, 0.717) is 35.2 Å². The molecule has 6 nitrogen and oxygen atoms in total. The maximum Gasteiger partial charge on any atom is 0.217 e. The summed E-state index contributed by atoms with van der Waals surface area (Å²) < 4.78 is 7.03. The highest BCUT2D eigenvalue weighted by molar-refractivity contribution is 9.10. The van der Waals surface area contributed by atoms with Crippen LogP contribution in [0.15, 0.2) is 88.0 Å². The number of pyridine rings is 1. The Bertz CT molecular complexity index is 1420. The van der Waals surface area contributed by atoms with E-state index in [4.69, 9.17) is 16.0 Å². The van der Waals surface area contributed by atoms with Crippen LogP contribution in [-0.2, 0) is 17.6 Å². The lowest BCUT2D eigenvalue weighted by atomic mass is 10.1. The first-order chi connectivity index (χ1) is 16.6. The van der Waals surface area contributed by atoms with Gasteiger partial charge < -0.3 is 9.40 Å². The molecule has 0 spiro atoms. The van der Waals surface area contributed by atoms with Gasteiger partial charge >= 0.3 is 0 Å². The van der Waals surface area contributed by atoms with Crippen LogP contribution in [0.4, 0.5) is 5.88 Å². The highest BCUT2D eigenvalue weighted by Gasteiger charge is 2.27. The minimum absolute atomic E-state index is 0.416. The highest BCUT2D eigenvalue weighted by atomic mass is 79.9. The van der Waals surface area contributed by atoms with Crippen molar-refractivity contribution in [2.45, 2.75) is 18.9 Å². The summed E-state index contributed by atoms with van der Waals surface area (Å²) in [7, 11) is 0. The number of nitrogens with one attached hydrogen (secondary N) is 1. The minimum Gasteiger partial charge on any atom is -0.440 e. The number of fused-ring (bicyclic) bond motifs is 1.